The summed E-state index contributed by atoms with van der Waals surface area (Å²) < 4.78 is 6.45. The normalized spacial score (nSPS) is 15.5. The number of fused-ring (bicyclic) bond motifs is 1. The SMILES string of the molecule is CC(C)(Cc1cccc(-c2nc(N3CCOCC3)c3sc(C=O)cc3n2)c1)[Si](C)(C)O. The van der Waals surface area contributed by atoms with Crippen LogP contribution in [0.1, 0.15) is 29.1 Å². The second kappa shape index (κ2) is 8.42. The number of nitrogens with zero attached hydrogens (tertiary/aromatic N) is 3. The van der Waals surface area contributed by atoms with Crippen LogP contribution < -0.4 is 4.90 Å². The lowest BCUT2D eigenvalue weighted by Gasteiger charge is -2.35. The molecular weight excluding hydrogens is 426 g/mol. The average molecular weight is 456 g/mol. The zero-order valence-corrected chi connectivity index (χ0v) is 20.3. The molecular formula is C23H29N3O3SSi. The third-order valence-corrected chi connectivity index (χ3v) is 10.8. The molecule has 0 unspecified atom stereocenters. The molecule has 0 aliphatic carbocycles. The second-order valence-corrected chi connectivity index (χ2v) is 14.8. The molecule has 1 aliphatic heterocycles. The zero-order valence-electron chi connectivity index (χ0n) is 18.5. The number of aromatic nitrogens is 2. The highest BCUT2D eigenvalue weighted by molar-refractivity contribution is 7.21. The molecule has 3 aromatic rings. The van der Waals surface area contributed by atoms with Crippen molar-refractivity contribution in [3.05, 3.63) is 40.8 Å². The number of rotatable bonds is 6. The minimum absolute atomic E-state index is 0.151. The van der Waals surface area contributed by atoms with Crippen molar-refractivity contribution in [3.8, 4) is 11.4 Å². The van der Waals surface area contributed by atoms with Gasteiger partial charge in [-0.15, -0.1) is 11.3 Å². The fraction of sp³-hybridized carbons (Fsp3) is 0.435. The molecule has 1 aromatic carbocycles. The lowest BCUT2D eigenvalue weighted by atomic mass is 10.00. The van der Waals surface area contributed by atoms with E-state index in [1.807, 2.05) is 31.3 Å². The molecule has 0 atom stereocenters. The number of hydrogen-bond acceptors (Lipinski definition) is 7. The first-order valence-corrected chi connectivity index (χ1v) is 14.4. The molecule has 164 valence electrons. The van der Waals surface area contributed by atoms with Crippen molar-refractivity contribution in [2.75, 3.05) is 31.2 Å². The van der Waals surface area contributed by atoms with Gasteiger partial charge in [-0.25, -0.2) is 9.97 Å². The van der Waals surface area contributed by atoms with Gasteiger partial charge in [-0.2, -0.15) is 0 Å². The Kier molecular flexibility index (Phi) is 6.00. The van der Waals surface area contributed by atoms with E-state index in [1.54, 1.807) is 0 Å². The van der Waals surface area contributed by atoms with Crippen LogP contribution in [0.15, 0.2) is 30.3 Å². The smallest absolute Gasteiger partial charge is 0.188 e. The number of benzene rings is 1. The van der Waals surface area contributed by atoms with E-state index in [0.717, 1.165) is 53.0 Å². The summed E-state index contributed by atoms with van der Waals surface area (Å²) in [6.45, 7) is 11.1. The quantitative estimate of drug-likeness (QED) is 0.435. The van der Waals surface area contributed by atoms with Crippen LogP contribution in [0.5, 0.6) is 0 Å². The molecule has 31 heavy (non-hydrogen) atoms. The maximum Gasteiger partial charge on any atom is 0.188 e. The number of carbonyl (C=O) groups is 1. The molecule has 1 aliphatic rings. The Balaban J connectivity index is 1.76. The summed E-state index contributed by atoms with van der Waals surface area (Å²) in [4.78, 5) is 34.7. The van der Waals surface area contributed by atoms with Crippen LogP contribution in [0.25, 0.3) is 21.6 Å². The standard InChI is InChI=1S/C23H29N3O3SSi/c1-23(2,31(3,4)28)14-16-6-5-7-17(12-16)21-24-19-13-18(15-27)30-20(19)22(25-21)26-8-10-29-11-9-26/h5-7,12-13,15,28H,8-11,14H2,1-4H3. The van der Waals surface area contributed by atoms with E-state index in [2.05, 4.69) is 30.9 Å². The van der Waals surface area contributed by atoms with E-state index in [1.165, 1.54) is 11.3 Å². The molecule has 2 aromatic heterocycles. The number of thiophene rings is 1. The predicted molar refractivity (Wildman–Crippen MR) is 129 cm³/mol. The third-order valence-electron chi connectivity index (χ3n) is 6.29. The highest BCUT2D eigenvalue weighted by atomic mass is 32.1. The second-order valence-electron chi connectivity index (χ2n) is 9.27. The van der Waals surface area contributed by atoms with Crippen LogP contribution in [-0.2, 0) is 11.2 Å². The van der Waals surface area contributed by atoms with E-state index in [9.17, 15) is 9.59 Å². The van der Waals surface area contributed by atoms with Crippen molar-refractivity contribution in [2.24, 2.45) is 0 Å². The van der Waals surface area contributed by atoms with Gasteiger partial charge in [0.05, 0.1) is 28.3 Å². The fourth-order valence-corrected chi connectivity index (χ4v) is 5.22. The first kappa shape index (κ1) is 22.1. The summed E-state index contributed by atoms with van der Waals surface area (Å²) >= 11 is 1.44. The topological polar surface area (TPSA) is 75.6 Å². The van der Waals surface area contributed by atoms with Crippen molar-refractivity contribution in [2.45, 2.75) is 38.4 Å². The van der Waals surface area contributed by atoms with Gasteiger partial charge in [-0.3, -0.25) is 4.79 Å². The molecule has 0 saturated carbocycles. The number of anilines is 1. The molecule has 1 N–H and O–H groups in total. The first-order valence-electron chi connectivity index (χ1n) is 10.6. The minimum Gasteiger partial charge on any atom is -0.432 e. The minimum atomic E-state index is -2.32. The molecule has 0 spiro atoms. The van der Waals surface area contributed by atoms with Crippen molar-refractivity contribution in [1.29, 1.82) is 0 Å². The summed E-state index contributed by atoms with van der Waals surface area (Å²) in [6, 6.07) is 10.1. The number of ether oxygens (including phenoxy) is 1. The molecule has 0 radical (unpaired) electrons. The van der Waals surface area contributed by atoms with Gasteiger partial charge in [0, 0.05) is 18.7 Å². The lowest BCUT2D eigenvalue weighted by Crippen LogP contribution is -2.40. The van der Waals surface area contributed by atoms with Gasteiger partial charge >= 0.3 is 0 Å². The fourth-order valence-electron chi connectivity index (χ4n) is 3.66. The molecule has 0 bridgehead atoms. The van der Waals surface area contributed by atoms with Gasteiger partial charge in [-0.1, -0.05) is 32.0 Å². The van der Waals surface area contributed by atoms with Crippen LogP contribution in [0.3, 0.4) is 0 Å². The highest BCUT2D eigenvalue weighted by Crippen LogP contribution is 2.39. The Labute approximate surface area is 188 Å². The number of aldehydes is 1. The summed E-state index contributed by atoms with van der Waals surface area (Å²) in [6.07, 6.45) is 1.67. The molecule has 1 saturated heterocycles. The van der Waals surface area contributed by atoms with E-state index >= 15 is 0 Å². The monoisotopic (exact) mass is 455 g/mol. The van der Waals surface area contributed by atoms with E-state index in [0.29, 0.717) is 23.9 Å². The number of morpholine rings is 1. The third kappa shape index (κ3) is 4.57. The Hall–Kier alpha value is -2.13. The molecule has 4 rings (SSSR count). The number of hydrogen-bond donors (Lipinski definition) is 1. The molecule has 1 fully saturated rings. The first-order chi connectivity index (χ1) is 14.7. The van der Waals surface area contributed by atoms with E-state index in [4.69, 9.17) is 14.7 Å². The van der Waals surface area contributed by atoms with E-state index in [-0.39, 0.29) is 5.04 Å². The maximum absolute atomic E-state index is 11.4. The van der Waals surface area contributed by atoms with Crippen LogP contribution >= 0.6 is 11.3 Å². The number of carbonyl (C=O) groups excluding carboxylic acids is 1. The van der Waals surface area contributed by atoms with Crippen LogP contribution in [0, 0.1) is 0 Å². The summed E-state index contributed by atoms with van der Waals surface area (Å²) in [5.41, 5.74) is 2.90. The van der Waals surface area contributed by atoms with Gasteiger partial charge in [0.1, 0.15) is 0 Å². The maximum atomic E-state index is 11.4. The van der Waals surface area contributed by atoms with Crippen LogP contribution in [0.2, 0.25) is 18.1 Å². The van der Waals surface area contributed by atoms with Crippen LogP contribution in [-0.4, -0.2) is 55.7 Å². The largest absolute Gasteiger partial charge is 0.432 e. The average Bonchev–Trinajstić information content (AvgIpc) is 3.16. The molecule has 3 heterocycles. The van der Waals surface area contributed by atoms with Crippen molar-refractivity contribution in [1.82, 2.24) is 9.97 Å². The predicted octanol–water partition coefficient (Wildman–Crippen LogP) is 4.53. The molecule has 0 amide bonds. The summed E-state index contributed by atoms with van der Waals surface area (Å²) in [7, 11) is -2.32. The Bertz CT molecular complexity index is 1100. The molecule has 6 nitrogen and oxygen atoms in total. The summed E-state index contributed by atoms with van der Waals surface area (Å²) in [5, 5.41) is -0.151. The van der Waals surface area contributed by atoms with Gasteiger partial charge in [0.25, 0.3) is 0 Å². The van der Waals surface area contributed by atoms with Crippen LogP contribution in [0.4, 0.5) is 5.82 Å². The Morgan fingerprint density at radius 2 is 1.97 bits per heavy atom. The summed E-state index contributed by atoms with van der Waals surface area (Å²) in [5.74, 6) is 1.53. The highest BCUT2D eigenvalue weighted by Gasteiger charge is 2.38. The van der Waals surface area contributed by atoms with Gasteiger partial charge < -0.3 is 14.4 Å². The Morgan fingerprint density at radius 1 is 1.23 bits per heavy atom. The van der Waals surface area contributed by atoms with Crippen molar-refractivity contribution < 1.29 is 14.3 Å². The van der Waals surface area contributed by atoms with Crippen molar-refractivity contribution >= 4 is 42.0 Å². The van der Waals surface area contributed by atoms with E-state index < -0.39 is 8.32 Å². The van der Waals surface area contributed by atoms with Gasteiger partial charge in [0.2, 0.25) is 0 Å². The lowest BCUT2D eigenvalue weighted by molar-refractivity contribution is 0.112. The Morgan fingerprint density at radius 3 is 2.65 bits per heavy atom. The zero-order chi connectivity index (χ0) is 22.2. The van der Waals surface area contributed by atoms with Crippen molar-refractivity contribution in [3.63, 3.8) is 0 Å². The van der Waals surface area contributed by atoms with Gasteiger partial charge in [0.15, 0.2) is 26.2 Å². The molecule has 8 heteroatoms. The van der Waals surface area contributed by atoms with Gasteiger partial charge in [-0.05, 0) is 42.2 Å².